The first-order valence-corrected chi connectivity index (χ1v) is 11.6. The molecule has 0 aromatic heterocycles. The van der Waals surface area contributed by atoms with Crippen molar-refractivity contribution < 1.29 is 17.9 Å². The number of hydrogen-bond acceptors (Lipinski definition) is 5. The molecule has 0 saturated heterocycles. The van der Waals surface area contributed by atoms with Crippen molar-refractivity contribution in [2.75, 3.05) is 0 Å². The van der Waals surface area contributed by atoms with E-state index < -0.39 is 9.84 Å². The molecule has 30 heavy (non-hydrogen) atoms. The van der Waals surface area contributed by atoms with Crippen LogP contribution in [-0.4, -0.2) is 14.0 Å². The zero-order valence-corrected chi connectivity index (χ0v) is 19.2. The normalized spacial score (nSPS) is 13.0. The van der Waals surface area contributed by atoms with E-state index in [4.69, 9.17) is 9.47 Å². The highest BCUT2D eigenvalue weighted by Gasteiger charge is 2.18. The Bertz CT molecular complexity index is 1080. The molecular formula is C24H26O4S2. The Balaban J connectivity index is 1.72. The summed E-state index contributed by atoms with van der Waals surface area (Å²) in [5.41, 5.74) is 0.703. The lowest BCUT2D eigenvalue weighted by Gasteiger charge is -2.21. The maximum Gasteiger partial charge on any atom is 0.206 e. The lowest BCUT2D eigenvalue weighted by Crippen LogP contribution is -2.22. The van der Waals surface area contributed by atoms with Gasteiger partial charge in [-0.1, -0.05) is 12.1 Å². The highest BCUT2D eigenvalue weighted by molar-refractivity contribution is 7.91. The van der Waals surface area contributed by atoms with E-state index in [1.807, 2.05) is 52.0 Å². The van der Waals surface area contributed by atoms with Gasteiger partial charge in [-0.2, -0.15) is 12.6 Å². The topological polar surface area (TPSA) is 52.6 Å². The molecule has 3 aromatic rings. The van der Waals surface area contributed by atoms with Crippen LogP contribution in [0.2, 0.25) is 0 Å². The first kappa shape index (κ1) is 22.2. The zero-order chi connectivity index (χ0) is 21.9. The van der Waals surface area contributed by atoms with E-state index in [0.29, 0.717) is 11.5 Å². The average Bonchev–Trinajstić information content (AvgIpc) is 2.69. The van der Waals surface area contributed by atoms with Crippen LogP contribution in [0.4, 0.5) is 0 Å². The predicted molar refractivity (Wildman–Crippen MR) is 123 cm³/mol. The number of sulfone groups is 1. The fraction of sp³-hybridized carbons (Fsp3) is 0.250. The molecule has 158 valence electrons. The number of thiol groups is 1. The van der Waals surface area contributed by atoms with E-state index in [-0.39, 0.29) is 20.6 Å². The van der Waals surface area contributed by atoms with Gasteiger partial charge in [0.05, 0.1) is 9.79 Å². The summed E-state index contributed by atoms with van der Waals surface area (Å²) in [6.07, 6.45) is 0. The lowest BCUT2D eigenvalue weighted by molar-refractivity contribution is 0.131. The Morgan fingerprint density at radius 2 is 1.13 bits per heavy atom. The van der Waals surface area contributed by atoms with Gasteiger partial charge in [-0.15, -0.1) is 0 Å². The Morgan fingerprint density at radius 3 is 1.57 bits per heavy atom. The molecule has 0 aliphatic carbocycles. The molecule has 0 fully saturated rings. The van der Waals surface area contributed by atoms with Crippen LogP contribution in [0.15, 0.2) is 82.6 Å². The van der Waals surface area contributed by atoms with Crippen LogP contribution in [-0.2, 0) is 9.84 Å². The third-order valence-electron chi connectivity index (χ3n) is 4.29. The largest absolute Gasteiger partial charge is 0.488 e. The molecule has 1 atom stereocenters. The quantitative estimate of drug-likeness (QED) is 0.444. The second-order valence-electron chi connectivity index (χ2n) is 8.01. The van der Waals surface area contributed by atoms with Crippen LogP contribution in [0, 0.1) is 0 Å². The second-order valence-corrected chi connectivity index (χ2v) is 10.7. The molecule has 0 radical (unpaired) electrons. The van der Waals surface area contributed by atoms with Gasteiger partial charge in [-0.3, -0.25) is 0 Å². The minimum Gasteiger partial charge on any atom is -0.488 e. The molecule has 6 heteroatoms. The second kappa shape index (κ2) is 8.74. The molecule has 1 unspecified atom stereocenters. The monoisotopic (exact) mass is 442 g/mol. The van der Waals surface area contributed by atoms with Crippen LogP contribution in [0.25, 0.3) is 0 Å². The average molecular weight is 443 g/mol. The Hall–Kier alpha value is -2.44. The van der Waals surface area contributed by atoms with Crippen LogP contribution < -0.4 is 9.47 Å². The van der Waals surface area contributed by atoms with Crippen molar-refractivity contribution in [3.8, 4) is 17.2 Å². The number of rotatable bonds is 6. The van der Waals surface area contributed by atoms with Crippen molar-refractivity contribution in [3.63, 3.8) is 0 Å². The molecule has 4 nitrogen and oxygen atoms in total. The molecule has 0 bridgehead atoms. The van der Waals surface area contributed by atoms with Crippen LogP contribution in [0.1, 0.15) is 38.5 Å². The molecule has 3 aromatic carbocycles. The third kappa shape index (κ3) is 5.58. The van der Waals surface area contributed by atoms with Crippen molar-refractivity contribution >= 4 is 22.5 Å². The number of benzene rings is 3. The first-order chi connectivity index (χ1) is 14.0. The molecule has 0 heterocycles. The lowest BCUT2D eigenvalue weighted by atomic mass is 10.2. The Kier molecular flexibility index (Phi) is 6.48. The fourth-order valence-electron chi connectivity index (χ4n) is 2.81. The van der Waals surface area contributed by atoms with Gasteiger partial charge < -0.3 is 9.47 Å². The first-order valence-electron chi connectivity index (χ1n) is 9.65. The maximum atomic E-state index is 12.9. The molecule has 0 aliphatic rings. The zero-order valence-electron chi connectivity index (χ0n) is 17.5. The minimum atomic E-state index is -3.59. The standard InChI is InChI=1S/C24H26O4S2/c1-17(29)18-5-13-22(14-6-18)30(25,26)23-15-11-20(12-16-23)27-19-7-9-21(10-8-19)28-24(2,3)4/h5-17,29H,1-4H3. The van der Waals surface area contributed by atoms with E-state index >= 15 is 0 Å². The van der Waals surface area contributed by atoms with Crippen molar-refractivity contribution in [2.24, 2.45) is 0 Å². The molecule has 0 aliphatic heterocycles. The summed E-state index contributed by atoms with van der Waals surface area (Å²) in [7, 11) is -3.59. The highest BCUT2D eigenvalue weighted by Crippen LogP contribution is 2.29. The molecule has 0 N–H and O–H groups in total. The van der Waals surface area contributed by atoms with Gasteiger partial charge in [0.1, 0.15) is 22.8 Å². The van der Waals surface area contributed by atoms with Gasteiger partial charge in [0.2, 0.25) is 9.84 Å². The van der Waals surface area contributed by atoms with Crippen LogP contribution in [0.3, 0.4) is 0 Å². The number of ether oxygens (including phenoxy) is 2. The van der Waals surface area contributed by atoms with Crippen LogP contribution in [0.5, 0.6) is 17.2 Å². The summed E-state index contributed by atoms with van der Waals surface area (Å²) in [6, 6.07) is 20.5. The fourth-order valence-corrected chi connectivity index (χ4v) is 4.25. The van der Waals surface area contributed by atoms with Crippen molar-refractivity contribution in [2.45, 2.75) is 48.3 Å². The van der Waals surface area contributed by atoms with E-state index in [9.17, 15) is 8.42 Å². The SMILES string of the molecule is CC(S)c1ccc(S(=O)(=O)c2ccc(Oc3ccc(OC(C)(C)C)cc3)cc2)cc1. The molecule has 0 amide bonds. The molecule has 0 saturated carbocycles. The Labute approximate surface area is 184 Å². The summed E-state index contributed by atoms with van der Waals surface area (Å²) >= 11 is 4.37. The smallest absolute Gasteiger partial charge is 0.206 e. The molecule has 0 spiro atoms. The van der Waals surface area contributed by atoms with Gasteiger partial charge >= 0.3 is 0 Å². The van der Waals surface area contributed by atoms with Gasteiger partial charge in [0, 0.05) is 5.25 Å². The summed E-state index contributed by atoms with van der Waals surface area (Å²) in [6.45, 7) is 7.91. The van der Waals surface area contributed by atoms with Crippen molar-refractivity contribution in [1.82, 2.24) is 0 Å². The third-order valence-corrected chi connectivity index (χ3v) is 6.37. The Morgan fingerprint density at radius 1 is 0.733 bits per heavy atom. The summed E-state index contributed by atoms with van der Waals surface area (Å²) in [4.78, 5) is 0.471. The van der Waals surface area contributed by atoms with E-state index in [2.05, 4.69) is 12.6 Å². The maximum absolute atomic E-state index is 12.9. The van der Waals surface area contributed by atoms with Gasteiger partial charge in [-0.25, -0.2) is 8.42 Å². The predicted octanol–water partition coefficient (Wildman–Crippen LogP) is 6.48. The molecular weight excluding hydrogens is 416 g/mol. The van der Waals surface area contributed by atoms with Crippen molar-refractivity contribution in [1.29, 1.82) is 0 Å². The summed E-state index contributed by atoms with van der Waals surface area (Å²) < 4.78 is 37.3. The van der Waals surface area contributed by atoms with Gasteiger partial charge in [0.25, 0.3) is 0 Å². The molecule has 3 rings (SSSR count). The minimum absolute atomic E-state index is 0.0484. The van der Waals surface area contributed by atoms with E-state index in [1.54, 1.807) is 48.5 Å². The highest BCUT2D eigenvalue weighted by atomic mass is 32.2. The van der Waals surface area contributed by atoms with Gasteiger partial charge in [0.15, 0.2) is 0 Å². The van der Waals surface area contributed by atoms with Crippen LogP contribution >= 0.6 is 12.6 Å². The van der Waals surface area contributed by atoms with E-state index in [0.717, 1.165) is 11.3 Å². The van der Waals surface area contributed by atoms with E-state index in [1.165, 1.54) is 0 Å². The van der Waals surface area contributed by atoms with Gasteiger partial charge in [-0.05, 0) is 93.9 Å². The number of hydrogen-bond donors (Lipinski definition) is 1. The van der Waals surface area contributed by atoms with Crippen molar-refractivity contribution in [3.05, 3.63) is 78.4 Å². The summed E-state index contributed by atoms with van der Waals surface area (Å²) in [5, 5.41) is 0.0484. The summed E-state index contributed by atoms with van der Waals surface area (Å²) in [5.74, 6) is 1.95.